The summed E-state index contributed by atoms with van der Waals surface area (Å²) in [6, 6.07) is 26.2. The second-order valence-electron chi connectivity index (χ2n) is 7.69. The summed E-state index contributed by atoms with van der Waals surface area (Å²) in [7, 11) is 0. The van der Waals surface area contributed by atoms with Crippen LogP contribution in [0.15, 0.2) is 91.2 Å². The van der Waals surface area contributed by atoms with Gasteiger partial charge >= 0.3 is 0 Å². The van der Waals surface area contributed by atoms with Crippen LogP contribution < -0.4 is 0 Å². The van der Waals surface area contributed by atoms with Gasteiger partial charge < -0.3 is 4.74 Å². The molecule has 1 atom stereocenters. The lowest BCUT2D eigenvalue weighted by Crippen LogP contribution is -2.18. The SMILES string of the molecule is C=C(OCc1ccccc1)[C@H](CCC)CC(=O)n1c2ccccc2c2ccccc21. The molecule has 0 unspecified atom stereocenters. The van der Waals surface area contributed by atoms with Gasteiger partial charge in [-0.2, -0.15) is 0 Å². The topological polar surface area (TPSA) is 31.2 Å². The summed E-state index contributed by atoms with van der Waals surface area (Å²) in [4.78, 5) is 13.5. The summed E-state index contributed by atoms with van der Waals surface area (Å²) in [6.45, 7) is 6.77. The van der Waals surface area contributed by atoms with Crippen molar-refractivity contribution >= 4 is 27.7 Å². The van der Waals surface area contributed by atoms with Crippen LogP contribution in [0.5, 0.6) is 0 Å². The van der Waals surface area contributed by atoms with E-state index in [1.165, 1.54) is 0 Å². The van der Waals surface area contributed by atoms with E-state index in [0.29, 0.717) is 18.8 Å². The van der Waals surface area contributed by atoms with Crippen LogP contribution in [0.25, 0.3) is 21.8 Å². The van der Waals surface area contributed by atoms with Crippen molar-refractivity contribution in [3.63, 3.8) is 0 Å². The number of benzene rings is 3. The van der Waals surface area contributed by atoms with Crippen LogP contribution in [-0.4, -0.2) is 10.5 Å². The largest absolute Gasteiger partial charge is 0.494 e. The monoisotopic (exact) mass is 397 g/mol. The number of carbonyl (C=O) groups is 1. The Morgan fingerprint density at radius 3 is 2.07 bits per heavy atom. The normalized spacial score (nSPS) is 12.2. The summed E-state index contributed by atoms with van der Waals surface area (Å²) in [5, 5.41) is 2.21. The second kappa shape index (κ2) is 9.00. The molecule has 0 aliphatic heterocycles. The summed E-state index contributed by atoms with van der Waals surface area (Å²) in [5.74, 6) is 0.760. The molecule has 3 aromatic carbocycles. The molecule has 3 nitrogen and oxygen atoms in total. The van der Waals surface area contributed by atoms with E-state index in [0.717, 1.165) is 40.2 Å². The number of hydrogen-bond donors (Lipinski definition) is 0. The number of nitrogens with zero attached hydrogens (tertiary/aromatic N) is 1. The van der Waals surface area contributed by atoms with Crippen molar-refractivity contribution in [2.45, 2.75) is 32.8 Å². The van der Waals surface area contributed by atoms with Gasteiger partial charge in [0, 0.05) is 23.1 Å². The summed E-state index contributed by atoms with van der Waals surface area (Å²) in [6.07, 6.45) is 2.22. The Kier molecular flexibility index (Phi) is 5.99. The third-order valence-electron chi connectivity index (χ3n) is 5.61. The molecule has 0 aliphatic carbocycles. The van der Waals surface area contributed by atoms with Gasteiger partial charge in [0.1, 0.15) is 6.61 Å². The smallest absolute Gasteiger partial charge is 0.232 e. The predicted molar refractivity (Wildman–Crippen MR) is 123 cm³/mol. The number of ether oxygens (including phenoxy) is 1. The molecule has 0 aliphatic rings. The van der Waals surface area contributed by atoms with Crippen molar-refractivity contribution in [2.24, 2.45) is 5.92 Å². The minimum atomic E-state index is -0.00821. The fraction of sp³-hybridized carbons (Fsp3) is 0.222. The highest BCUT2D eigenvalue weighted by Gasteiger charge is 2.22. The number of allylic oxidation sites excluding steroid dienone is 1. The van der Waals surface area contributed by atoms with Crippen LogP contribution in [0.4, 0.5) is 0 Å². The number of rotatable bonds is 8. The molecular weight excluding hydrogens is 370 g/mol. The molecule has 3 heteroatoms. The Balaban J connectivity index is 1.58. The van der Waals surface area contributed by atoms with Crippen molar-refractivity contribution in [1.29, 1.82) is 0 Å². The third-order valence-corrected chi connectivity index (χ3v) is 5.61. The van der Waals surface area contributed by atoms with Gasteiger partial charge in [0.15, 0.2) is 0 Å². The molecule has 0 spiro atoms. The van der Waals surface area contributed by atoms with Gasteiger partial charge in [0.2, 0.25) is 5.91 Å². The Bertz CT molecular complexity index is 1120. The lowest BCUT2D eigenvalue weighted by molar-refractivity contribution is 0.0862. The maximum Gasteiger partial charge on any atom is 0.232 e. The van der Waals surface area contributed by atoms with Crippen LogP contribution in [0.3, 0.4) is 0 Å². The maximum absolute atomic E-state index is 13.5. The van der Waals surface area contributed by atoms with Crippen molar-refractivity contribution in [2.75, 3.05) is 0 Å². The van der Waals surface area contributed by atoms with Crippen molar-refractivity contribution in [3.8, 4) is 0 Å². The Hall–Kier alpha value is -3.33. The van der Waals surface area contributed by atoms with Crippen LogP contribution in [0, 0.1) is 5.92 Å². The first-order valence-corrected chi connectivity index (χ1v) is 10.6. The molecule has 0 bridgehead atoms. The molecule has 0 fully saturated rings. The fourth-order valence-electron chi connectivity index (χ4n) is 4.09. The first kappa shape index (κ1) is 20.0. The Morgan fingerprint density at radius 1 is 0.900 bits per heavy atom. The van der Waals surface area contributed by atoms with Gasteiger partial charge in [-0.1, -0.05) is 86.7 Å². The van der Waals surface area contributed by atoms with E-state index in [-0.39, 0.29) is 11.8 Å². The predicted octanol–water partition coefficient (Wildman–Crippen LogP) is 6.97. The number of carbonyl (C=O) groups excluding carboxylic acids is 1. The summed E-state index contributed by atoms with van der Waals surface area (Å²) >= 11 is 0. The molecule has 0 N–H and O–H groups in total. The van der Waals surface area contributed by atoms with E-state index in [1.54, 1.807) is 0 Å². The van der Waals surface area contributed by atoms with Gasteiger partial charge in [-0.15, -0.1) is 0 Å². The molecule has 0 radical (unpaired) electrons. The van der Waals surface area contributed by atoms with E-state index in [2.05, 4.69) is 25.6 Å². The number of hydrogen-bond acceptors (Lipinski definition) is 2. The van der Waals surface area contributed by atoms with Crippen LogP contribution in [0.2, 0.25) is 0 Å². The lowest BCUT2D eigenvalue weighted by Gasteiger charge is -2.20. The molecule has 0 saturated carbocycles. The lowest BCUT2D eigenvalue weighted by atomic mass is 9.97. The third kappa shape index (κ3) is 4.02. The molecule has 0 saturated heterocycles. The van der Waals surface area contributed by atoms with Gasteiger partial charge in [-0.3, -0.25) is 9.36 Å². The number of para-hydroxylation sites is 2. The van der Waals surface area contributed by atoms with Crippen LogP contribution >= 0.6 is 0 Å². The van der Waals surface area contributed by atoms with Crippen LogP contribution in [0.1, 0.15) is 36.5 Å². The molecule has 0 amide bonds. The van der Waals surface area contributed by atoms with Crippen molar-refractivity contribution < 1.29 is 9.53 Å². The van der Waals surface area contributed by atoms with E-state index < -0.39 is 0 Å². The van der Waals surface area contributed by atoms with E-state index >= 15 is 0 Å². The van der Waals surface area contributed by atoms with Gasteiger partial charge in [0.05, 0.1) is 16.8 Å². The highest BCUT2D eigenvalue weighted by Crippen LogP contribution is 2.31. The van der Waals surface area contributed by atoms with Gasteiger partial charge in [-0.25, -0.2) is 0 Å². The second-order valence-corrected chi connectivity index (χ2v) is 7.69. The minimum absolute atomic E-state index is 0.00821. The molecule has 4 rings (SSSR count). The first-order valence-electron chi connectivity index (χ1n) is 10.6. The molecule has 30 heavy (non-hydrogen) atoms. The zero-order valence-corrected chi connectivity index (χ0v) is 17.4. The molecule has 1 aromatic heterocycles. The summed E-state index contributed by atoms with van der Waals surface area (Å²) < 4.78 is 7.84. The fourth-order valence-corrected chi connectivity index (χ4v) is 4.09. The van der Waals surface area contributed by atoms with E-state index in [1.807, 2.05) is 71.3 Å². The van der Waals surface area contributed by atoms with E-state index in [9.17, 15) is 4.79 Å². The molecule has 152 valence electrons. The zero-order chi connectivity index (χ0) is 20.9. The maximum atomic E-state index is 13.5. The number of fused-ring (bicyclic) bond motifs is 3. The zero-order valence-electron chi connectivity index (χ0n) is 17.4. The highest BCUT2D eigenvalue weighted by molar-refractivity contribution is 6.13. The number of aromatic nitrogens is 1. The standard InChI is InChI=1S/C27H27NO2/c1-3-11-22(20(2)30-19-21-12-5-4-6-13-21)18-27(29)28-25-16-9-7-14-23(25)24-15-8-10-17-26(24)28/h4-10,12-17,22H,2-3,11,18-19H2,1H3/t22-/m1/s1. The quantitative estimate of drug-likeness (QED) is 0.301. The highest BCUT2D eigenvalue weighted by atomic mass is 16.5. The van der Waals surface area contributed by atoms with Gasteiger partial charge in [-0.05, 0) is 24.1 Å². The Labute approximate surface area is 177 Å². The van der Waals surface area contributed by atoms with E-state index in [4.69, 9.17) is 4.74 Å². The van der Waals surface area contributed by atoms with Crippen molar-refractivity contribution in [1.82, 2.24) is 4.57 Å². The molecule has 1 heterocycles. The Morgan fingerprint density at radius 2 is 1.47 bits per heavy atom. The summed E-state index contributed by atoms with van der Waals surface area (Å²) in [5.41, 5.74) is 3.01. The average Bonchev–Trinajstić information content (AvgIpc) is 3.12. The van der Waals surface area contributed by atoms with Gasteiger partial charge in [0.25, 0.3) is 0 Å². The molecule has 4 aromatic rings. The average molecular weight is 398 g/mol. The molecular formula is C27H27NO2. The first-order chi connectivity index (χ1) is 14.7. The van der Waals surface area contributed by atoms with Crippen molar-refractivity contribution in [3.05, 3.63) is 96.8 Å². The minimum Gasteiger partial charge on any atom is -0.494 e. The van der Waals surface area contributed by atoms with Crippen LogP contribution in [-0.2, 0) is 11.3 Å².